The van der Waals surface area contributed by atoms with Gasteiger partial charge in [0.25, 0.3) is 0 Å². The Balaban J connectivity index is 2.29. The highest BCUT2D eigenvalue weighted by molar-refractivity contribution is 9.10. The molecule has 0 saturated carbocycles. The highest BCUT2D eigenvalue weighted by atomic mass is 79.9. The van der Waals surface area contributed by atoms with Gasteiger partial charge in [-0.25, -0.2) is 0 Å². The van der Waals surface area contributed by atoms with Crippen LogP contribution >= 0.6 is 31.9 Å². The number of hydrogen-bond acceptors (Lipinski definition) is 2. The number of benzene rings is 2. The second-order valence-electron chi connectivity index (χ2n) is 4.95. The van der Waals surface area contributed by atoms with Gasteiger partial charge in [0.2, 0.25) is 0 Å². The van der Waals surface area contributed by atoms with E-state index in [1.165, 1.54) is 0 Å². The summed E-state index contributed by atoms with van der Waals surface area (Å²) in [4.78, 5) is 0. The third-order valence-corrected chi connectivity index (χ3v) is 5.05. The summed E-state index contributed by atoms with van der Waals surface area (Å²) >= 11 is 7.09. The first-order chi connectivity index (χ1) is 9.38. The molecule has 0 radical (unpaired) electrons. The average Bonchev–Trinajstić information content (AvgIpc) is 2.35. The molecule has 0 aliphatic heterocycles. The third-order valence-electron chi connectivity index (χ3n) is 3.11. The van der Waals surface area contributed by atoms with Crippen LogP contribution in [0.1, 0.15) is 29.7 Å². The van der Waals surface area contributed by atoms with E-state index in [4.69, 9.17) is 10.5 Å². The Bertz CT molecular complexity index is 615. The van der Waals surface area contributed by atoms with Gasteiger partial charge in [0.05, 0.1) is 0 Å². The molecule has 0 aliphatic rings. The summed E-state index contributed by atoms with van der Waals surface area (Å²) in [5.74, 6) is 1.63. The highest BCUT2D eigenvalue weighted by Crippen LogP contribution is 2.32. The van der Waals surface area contributed by atoms with Crippen molar-refractivity contribution < 1.29 is 4.74 Å². The molecule has 2 nitrogen and oxygen atoms in total. The molecular formula is C16H17Br2NO. The Kier molecular flexibility index (Phi) is 4.89. The van der Waals surface area contributed by atoms with Gasteiger partial charge >= 0.3 is 0 Å². The first kappa shape index (κ1) is 15.5. The molecule has 0 heterocycles. The van der Waals surface area contributed by atoms with E-state index in [0.29, 0.717) is 0 Å². The van der Waals surface area contributed by atoms with Crippen LogP contribution in [0.3, 0.4) is 0 Å². The zero-order valence-corrected chi connectivity index (χ0v) is 14.9. The Morgan fingerprint density at radius 1 is 1.00 bits per heavy atom. The van der Waals surface area contributed by atoms with Crippen molar-refractivity contribution in [2.24, 2.45) is 5.73 Å². The van der Waals surface area contributed by atoms with Crippen molar-refractivity contribution in [3.05, 3.63) is 56.0 Å². The van der Waals surface area contributed by atoms with E-state index >= 15 is 0 Å². The van der Waals surface area contributed by atoms with Crippen LogP contribution in [0.15, 0.2) is 39.3 Å². The second-order valence-corrected chi connectivity index (χ2v) is 6.59. The first-order valence-corrected chi connectivity index (χ1v) is 7.96. The summed E-state index contributed by atoms with van der Waals surface area (Å²) in [5.41, 5.74) is 9.28. The van der Waals surface area contributed by atoms with E-state index in [1.54, 1.807) is 0 Å². The summed E-state index contributed by atoms with van der Waals surface area (Å²) in [6, 6.07) is 9.91. The first-order valence-electron chi connectivity index (χ1n) is 6.38. The maximum absolute atomic E-state index is 5.92. The molecule has 0 fully saturated rings. The van der Waals surface area contributed by atoms with E-state index in [-0.39, 0.29) is 6.04 Å². The summed E-state index contributed by atoms with van der Waals surface area (Å²) < 4.78 is 8.01. The van der Waals surface area contributed by atoms with Crippen LogP contribution in [0, 0.1) is 13.8 Å². The van der Waals surface area contributed by atoms with Crippen LogP contribution < -0.4 is 10.5 Å². The lowest BCUT2D eigenvalue weighted by Crippen LogP contribution is -2.05. The minimum absolute atomic E-state index is 0.00408. The zero-order chi connectivity index (χ0) is 14.9. The molecule has 2 aromatic carbocycles. The van der Waals surface area contributed by atoms with Gasteiger partial charge in [0.1, 0.15) is 11.5 Å². The molecule has 0 aliphatic carbocycles. The number of ether oxygens (including phenoxy) is 1. The number of aryl methyl sites for hydroxylation is 2. The summed E-state index contributed by atoms with van der Waals surface area (Å²) in [7, 11) is 0. The van der Waals surface area contributed by atoms with Gasteiger partial charge in [-0.2, -0.15) is 0 Å². The normalized spacial score (nSPS) is 12.3. The van der Waals surface area contributed by atoms with Gasteiger partial charge in [-0.1, -0.05) is 37.9 Å². The lowest BCUT2D eigenvalue weighted by atomic mass is 10.1. The monoisotopic (exact) mass is 397 g/mol. The smallest absolute Gasteiger partial charge is 0.128 e. The standard InChI is InChI=1S/C16H17Br2NO/c1-9-6-13(7-10(2)16(9)18)20-12-4-5-14(11(3)19)15(17)8-12/h4-8,11H,19H2,1-3H3/t11-/m1/s1. The lowest BCUT2D eigenvalue weighted by Gasteiger charge is -2.13. The van der Waals surface area contributed by atoms with Crippen LogP contribution in [-0.2, 0) is 0 Å². The van der Waals surface area contributed by atoms with Crippen molar-refractivity contribution >= 4 is 31.9 Å². The summed E-state index contributed by atoms with van der Waals surface area (Å²) in [6.07, 6.45) is 0. The predicted molar refractivity (Wildman–Crippen MR) is 90.4 cm³/mol. The molecule has 2 aromatic rings. The van der Waals surface area contributed by atoms with Crippen molar-refractivity contribution in [1.82, 2.24) is 0 Å². The molecular weight excluding hydrogens is 382 g/mol. The molecule has 0 unspecified atom stereocenters. The fourth-order valence-electron chi connectivity index (χ4n) is 2.04. The van der Waals surface area contributed by atoms with Crippen LogP contribution in [0.2, 0.25) is 0 Å². The van der Waals surface area contributed by atoms with Gasteiger partial charge < -0.3 is 10.5 Å². The maximum Gasteiger partial charge on any atom is 0.128 e. The van der Waals surface area contributed by atoms with Crippen molar-refractivity contribution in [2.75, 3.05) is 0 Å². The number of rotatable bonds is 3. The molecule has 0 spiro atoms. The fraction of sp³-hybridized carbons (Fsp3) is 0.250. The van der Waals surface area contributed by atoms with E-state index < -0.39 is 0 Å². The van der Waals surface area contributed by atoms with Crippen molar-refractivity contribution in [2.45, 2.75) is 26.8 Å². The quantitative estimate of drug-likeness (QED) is 0.725. The molecule has 0 amide bonds. The Morgan fingerprint density at radius 3 is 2.10 bits per heavy atom. The molecule has 106 valence electrons. The number of halogens is 2. The van der Waals surface area contributed by atoms with Gasteiger partial charge in [-0.15, -0.1) is 0 Å². The maximum atomic E-state index is 5.92. The molecule has 2 rings (SSSR count). The largest absolute Gasteiger partial charge is 0.457 e. The van der Waals surface area contributed by atoms with E-state index in [0.717, 1.165) is 37.1 Å². The molecule has 0 aromatic heterocycles. The minimum Gasteiger partial charge on any atom is -0.457 e. The molecule has 1 atom stereocenters. The van der Waals surface area contributed by atoms with Crippen molar-refractivity contribution in [1.29, 1.82) is 0 Å². The second kappa shape index (κ2) is 6.29. The van der Waals surface area contributed by atoms with Gasteiger partial charge in [-0.05, 0) is 61.7 Å². The Labute approximate surface area is 136 Å². The molecule has 0 bridgehead atoms. The Morgan fingerprint density at radius 2 is 1.60 bits per heavy atom. The van der Waals surface area contributed by atoms with Crippen LogP contribution in [0.4, 0.5) is 0 Å². The van der Waals surface area contributed by atoms with Crippen molar-refractivity contribution in [3.8, 4) is 11.5 Å². The number of nitrogens with two attached hydrogens (primary N) is 1. The fourth-order valence-corrected chi connectivity index (χ4v) is 2.99. The van der Waals surface area contributed by atoms with Crippen LogP contribution in [0.25, 0.3) is 0 Å². The zero-order valence-electron chi connectivity index (χ0n) is 11.7. The van der Waals surface area contributed by atoms with Crippen LogP contribution in [0.5, 0.6) is 11.5 Å². The van der Waals surface area contributed by atoms with E-state index in [9.17, 15) is 0 Å². The van der Waals surface area contributed by atoms with E-state index in [2.05, 4.69) is 45.7 Å². The third kappa shape index (κ3) is 3.43. The predicted octanol–water partition coefficient (Wildman–Crippen LogP) is 5.64. The van der Waals surface area contributed by atoms with Gasteiger partial charge in [0, 0.05) is 15.0 Å². The topological polar surface area (TPSA) is 35.2 Å². The SMILES string of the molecule is Cc1cc(Oc2ccc([C@@H](C)N)c(Br)c2)cc(C)c1Br. The summed E-state index contributed by atoms with van der Waals surface area (Å²) in [5, 5.41) is 0. The van der Waals surface area contributed by atoms with Gasteiger partial charge in [-0.3, -0.25) is 0 Å². The highest BCUT2D eigenvalue weighted by Gasteiger charge is 2.08. The number of hydrogen-bond donors (Lipinski definition) is 1. The lowest BCUT2D eigenvalue weighted by molar-refractivity contribution is 0.481. The van der Waals surface area contributed by atoms with Gasteiger partial charge in [0.15, 0.2) is 0 Å². The Hall–Kier alpha value is -0.840. The average molecular weight is 399 g/mol. The molecule has 4 heteroatoms. The molecule has 2 N–H and O–H groups in total. The minimum atomic E-state index is -0.00408. The molecule has 20 heavy (non-hydrogen) atoms. The molecule has 0 saturated heterocycles. The summed E-state index contributed by atoms with van der Waals surface area (Å²) in [6.45, 7) is 6.07. The van der Waals surface area contributed by atoms with Crippen LogP contribution in [-0.4, -0.2) is 0 Å². The van der Waals surface area contributed by atoms with Crippen molar-refractivity contribution in [3.63, 3.8) is 0 Å². The van der Waals surface area contributed by atoms with E-state index in [1.807, 2.05) is 37.3 Å².